The van der Waals surface area contributed by atoms with Crippen LogP contribution in [0.3, 0.4) is 0 Å². The summed E-state index contributed by atoms with van der Waals surface area (Å²) in [5.41, 5.74) is 3.69. The lowest BCUT2D eigenvalue weighted by atomic mass is 10.1. The fraction of sp³-hybridized carbons (Fsp3) is 0.333. The van der Waals surface area contributed by atoms with E-state index in [-0.39, 0.29) is 9.09 Å². The first-order valence-electron chi connectivity index (χ1n) is 4.53. The maximum atomic E-state index is 11.9. The van der Waals surface area contributed by atoms with Crippen molar-refractivity contribution >= 4 is 27.3 Å². The standard InChI is InChI=1S/C9H11N3O3S2/c1-9(2,8(11)13)12-17(14,15)7-4-3-6(5-10)16-7/h3-4,12H,1-2H3,(H2,11,13). The molecule has 1 rings (SSSR count). The highest BCUT2D eigenvalue weighted by molar-refractivity contribution is 7.91. The number of hydrogen-bond donors (Lipinski definition) is 2. The number of nitrogens with zero attached hydrogens (tertiary/aromatic N) is 1. The number of carbonyl (C=O) groups is 1. The summed E-state index contributed by atoms with van der Waals surface area (Å²) in [6.07, 6.45) is 0. The number of hydrogen-bond acceptors (Lipinski definition) is 5. The molecule has 0 spiro atoms. The molecule has 0 saturated heterocycles. The predicted molar refractivity (Wildman–Crippen MR) is 62.6 cm³/mol. The predicted octanol–water partition coefficient (Wildman–Crippen LogP) is 0.162. The fourth-order valence-corrected chi connectivity index (χ4v) is 3.45. The van der Waals surface area contributed by atoms with Gasteiger partial charge in [0, 0.05) is 0 Å². The Kier molecular flexibility index (Phi) is 3.56. The van der Waals surface area contributed by atoms with Crippen LogP contribution < -0.4 is 10.5 Å². The molecule has 0 aliphatic rings. The minimum Gasteiger partial charge on any atom is -0.368 e. The molecule has 0 saturated carbocycles. The summed E-state index contributed by atoms with van der Waals surface area (Å²) in [5, 5.41) is 8.61. The zero-order chi connectivity index (χ0) is 13.3. The highest BCUT2D eigenvalue weighted by Gasteiger charge is 2.32. The lowest BCUT2D eigenvalue weighted by molar-refractivity contribution is -0.122. The summed E-state index contributed by atoms with van der Waals surface area (Å²) in [6.45, 7) is 2.73. The molecule has 0 aliphatic heterocycles. The van der Waals surface area contributed by atoms with Gasteiger partial charge in [-0.2, -0.15) is 9.98 Å². The SMILES string of the molecule is CC(C)(NS(=O)(=O)c1ccc(C#N)s1)C(N)=O. The molecule has 92 valence electrons. The summed E-state index contributed by atoms with van der Waals surface area (Å²) in [6, 6.07) is 4.55. The van der Waals surface area contributed by atoms with Crippen molar-refractivity contribution in [3.63, 3.8) is 0 Å². The molecule has 0 aliphatic carbocycles. The average Bonchev–Trinajstić information content (AvgIpc) is 2.64. The van der Waals surface area contributed by atoms with Gasteiger partial charge in [-0.3, -0.25) is 4.79 Å². The Hall–Kier alpha value is -1.43. The van der Waals surface area contributed by atoms with Crippen LogP contribution in [0.5, 0.6) is 0 Å². The van der Waals surface area contributed by atoms with Crippen LogP contribution in [-0.4, -0.2) is 19.9 Å². The number of primary amides is 1. The van der Waals surface area contributed by atoms with E-state index in [4.69, 9.17) is 11.0 Å². The van der Waals surface area contributed by atoms with Gasteiger partial charge in [0.1, 0.15) is 20.7 Å². The van der Waals surface area contributed by atoms with Crippen molar-refractivity contribution in [2.75, 3.05) is 0 Å². The van der Waals surface area contributed by atoms with E-state index < -0.39 is 21.5 Å². The Labute approximate surface area is 103 Å². The van der Waals surface area contributed by atoms with Gasteiger partial charge >= 0.3 is 0 Å². The Bertz CT molecular complexity index is 581. The van der Waals surface area contributed by atoms with E-state index in [1.165, 1.54) is 26.0 Å². The van der Waals surface area contributed by atoms with Gasteiger partial charge in [-0.05, 0) is 26.0 Å². The van der Waals surface area contributed by atoms with Gasteiger partial charge in [-0.25, -0.2) is 8.42 Å². The molecular weight excluding hydrogens is 262 g/mol. The summed E-state index contributed by atoms with van der Waals surface area (Å²) in [7, 11) is -3.84. The molecule has 6 nitrogen and oxygen atoms in total. The first-order valence-corrected chi connectivity index (χ1v) is 6.83. The molecule has 0 atom stereocenters. The van der Waals surface area contributed by atoms with Crippen molar-refractivity contribution in [2.45, 2.75) is 23.6 Å². The van der Waals surface area contributed by atoms with E-state index in [1.807, 2.05) is 6.07 Å². The molecule has 0 bridgehead atoms. The van der Waals surface area contributed by atoms with Crippen molar-refractivity contribution in [2.24, 2.45) is 5.73 Å². The number of amides is 1. The molecule has 0 aromatic carbocycles. The van der Waals surface area contributed by atoms with E-state index in [0.29, 0.717) is 0 Å². The van der Waals surface area contributed by atoms with Gasteiger partial charge in [0.15, 0.2) is 0 Å². The topological polar surface area (TPSA) is 113 Å². The van der Waals surface area contributed by atoms with Crippen molar-refractivity contribution in [3.8, 4) is 6.07 Å². The Balaban J connectivity index is 3.06. The number of nitrogens with two attached hydrogens (primary N) is 1. The summed E-state index contributed by atoms with van der Waals surface area (Å²) >= 11 is 0.829. The van der Waals surface area contributed by atoms with E-state index in [9.17, 15) is 13.2 Å². The lowest BCUT2D eigenvalue weighted by Crippen LogP contribution is -2.52. The van der Waals surface area contributed by atoms with Crippen LogP contribution >= 0.6 is 11.3 Å². The molecule has 1 aromatic heterocycles. The molecule has 1 amide bonds. The third-order valence-corrected chi connectivity index (χ3v) is 5.10. The second-order valence-corrected chi connectivity index (χ2v) is 6.82. The van der Waals surface area contributed by atoms with E-state index >= 15 is 0 Å². The number of nitrogens with one attached hydrogen (secondary N) is 1. The largest absolute Gasteiger partial charge is 0.368 e. The van der Waals surface area contributed by atoms with Crippen LogP contribution in [0.15, 0.2) is 16.3 Å². The number of sulfonamides is 1. The first kappa shape index (κ1) is 13.6. The van der Waals surface area contributed by atoms with Crippen LogP contribution in [0, 0.1) is 11.3 Å². The van der Waals surface area contributed by atoms with E-state index in [0.717, 1.165) is 11.3 Å². The van der Waals surface area contributed by atoms with E-state index in [2.05, 4.69) is 4.72 Å². The summed E-state index contributed by atoms with van der Waals surface area (Å²) in [5.74, 6) is -0.780. The normalized spacial score (nSPS) is 12.1. The molecule has 0 radical (unpaired) electrons. The zero-order valence-corrected chi connectivity index (χ0v) is 10.9. The van der Waals surface area contributed by atoms with Crippen LogP contribution in [0.4, 0.5) is 0 Å². The van der Waals surface area contributed by atoms with Crippen LogP contribution in [-0.2, 0) is 14.8 Å². The molecule has 1 aromatic rings. The first-order chi connectivity index (χ1) is 7.69. The second kappa shape index (κ2) is 4.44. The molecule has 8 heteroatoms. The van der Waals surface area contributed by atoms with E-state index in [1.54, 1.807) is 0 Å². The van der Waals surface area contributed by atoms with Gasteiger partial charge in [0.2, 0.25) is 5.91 Å². The lowest BCUT2D eigenvalue weighted by Gasteiger charge is -2.21. The molecule has 1 heterocycles. The maximum absolute atomic E-state index is 11.9. The third-order valence-electron chi connectivity index (χ3n) is 1.96. The molecule has 17 heavy (non-hydrogen) atoms. The second-order valence-electron chi connectivity index (χ2n) is 3.83. The molecule has 3 N–H and O–H groups in total. The summed E-state index contributed by atoms with van der Waals surface area (Å²) < 4.78 is 25.9. The monoisotopic (exact) mass is 273 g/mol. The Morgan fingerprint density at radius 2 is 2.12 bits per heavy atom. The minimum absolute atomic E-state index is 0.0247. The fourth-order valence-electron chi connectivity index (χ4n) is 0.961. The zero-order valence-electron chi connectivity index (χ0n) is 9.22. The maximum Gasteiger partial charge on any atom is 0.251 e. The van der Waals surface area contributed by atoms with Crippen LogP contribution in [0.1, 0.15) is 18.7 Å². The number of rotatable bonds is 4. The number of thiophene rings is 1. The van der Waals surface area contributed by atoms with Crippen molar-refractivity contribution in [1.29, 1.82) is 5.26 Å². The quantitative estimate of drug-likeness (QED) is 0.813. The summed E-state index contributed by atoms with van der Waals surface area (Å²) in [4.78, 5) is 11.3. The molecule has 0 fully saturated rings. The van der Waals surface area contributed by atoms with Gasteiger partial charge in [-0.1, -0.05) is 0 Å². The van der Waals surface area contributed by atoms with Crippen LogP contribution in [0.2, 0.25) is 0 Å². The average molecular weight is 273 g/mol. The highest BCUT2D eigenvalue weighted by atomic mass is 32.2. The Morgan fingerprint density at radius 1 is 1.53 bits per heavy atom. The highest BCUT2D eigenvalue weighted by Crippen LogP contribution is 2.22. The van der Waals surface area contributed by atoms with Gasteiger partial charge in [0.05, 0.1) is 0 Å². The van der Waals surface area contributed by atoms with Crippen LogP contribution in [0.25, 0.3) is 0 Å². The Morgan fingerprint density at radius 3 is 2.53 bits per heavy atom. The smallest absolute Gasteiger partial charge is 0.251 e. The third kappa shape index (κ3) is 3.03. The van der Waals surface area contributed by atoms with Crippen molar-refractivity contribution in [3.05, 3.63) is 17.0 Å². The van der Waals surface area contributed by atoms with Gasteiger partial charge < -0.3 is 5.73 Å². The minimum atomic E-state index is -3.84. The van der Waals surface area contributed by atoms with Gasteiger partial charge in [0.25, 0.3) is 10.0 Å². The van der Waals surface area contributed by atoms with Gasteiger partial charge in [-0.15, -0.1) is 11.3 Å². The van der Waals surface area contributed by atoms with Crippen molar-refractivity contribution in [1.82, 2.24) is 4.72 Å². The number of nitriles is 1. The molecular formula is C9H11N3O3S2. The molecule has 0 unspecified atom stereocenters. The number of carbonyl (C=O) groups excluding carboxylic acids is 1. The van der Waals surface area contributed by atoms with Crippen molar-refractivity contribution < 1.29 is 13.2 Å².